The lowest BCUT2D eigenvalue weighted by Crippen LogP contribution is -2.54. The molecule has 1 aliphatic rings. The van der Waals surface area contributed by atoms with Crippen LogP contribution in [0.5, 0.6) is 0 Å². The number of nitrogens with zero attached hydrogens (tertiary/aromatic N) is 1. The number of hydrogen-bond acceptors (Lipinski definition) is 3. The van der Waals surface area contributed by atoms with Crippen molar-refractivity contribution in [2.45, 2.75) is 58.4 Å². The number of benzene rings is 1. The molecular weight excluding hydrogens is 278 g/mol. The number of ether oxygens (including phenoxy) is 1. The van der Waals surface area contributed by atoms with Crippen LogP contribution in [-0.2, 0) is 11.3 Å². The molecule has 0 spiro atoms. The summed E-state index contributed by atoms with van der Waals surface area (Å²) in [5.74, 6) is 0. The molecule has 1 amide bonds. The molecule has 0 unspecified atom stereocenters. The predicted octanol–water partition coefficient (Wildman–Crippen LogP) is 3.85. The molecule has 1 heterocycles. The Labute approximate surface area is 132 Å². The molecule has 1 fully saturated rings. The molecule has 0 aliphatic carbocycles. The van der Waals surface area contributed by atoms with Gasteiger partial charge in [-0.1, -0.05) is 42.0 Å². The number of cyclic esters (lactones) is 1. The Morgan fingerprint density at radius 3 is 2.50 bits per heavy atom. The van der Waals surface area contributed by atoms with Crippen LogP contribution in [0.15, 0.2) is 42.0 Å². The third-order valence-electron chi connectivity index (χ3n) is 4.42. The summed E-state index contributed by atoms with van der Waals surface area (Å²) in [7, 11) is 0. The first-order valence-electron chi connectivity index (χ1n) is 7.66. The normalized spacial score (nSPS) is 27.7. The van der Waals surface area contributed by atoms with E-state index >= 15 is 0 Å². The van der Waals surface area contributed by atoms with Crippen LogP contribution in [0.25, 0.3) is 0 Å². The maximum absolute atomic E-state index is 12.2. The number of amides is 1. The van der Waals surface area contributed by atoms with E-state index in [0.29, 0.717) is 13.0 Å². The molecule has 2 rings (SSSR count). The molecule has 1 aromatic carbocycles. The largest absolute Gasteiger partial charge is 0.438 e. The lowest BCUT2D eigenvalue weighted by molar-refractivity contribution is -0.141. The first-order chi connectivity index (χ1) is 10.3. The van der Waals surface area contributed by atoms with Crippen LogP contribution >= 0.6 is 0 Å². The molecule has 1 N–H and O–H groups in total. The molecule has 2 atom stereocenters. The quantitative estimate of drug-likeness (QED) is 0.840. The van der Waals surface area contributed by atoms with E-state index in [-0.39, 0.29) is 0 Å². The number of carbonyl (C=O) groups excluding carboxylic acids is 1. The van der Waals surface area contributed by atoms with E-state index < -0.39 is 17.4 Å². The maximum Gasteiger partial charge on any atom is 0.413 e. The van der Waals surface area contributed by atoms with Crippen molar-refractivity contribution in [2.24, 2.45) is 0 Å². The van der Waals surface area contributed by atoms with Gasteiger partial charge in [-0.2, -0.15) is 0 Å². The summed E-state index contributed by atoms with van der Waals surface area (Å²) in [6, 6.07) is 9.62. The third-order valence-corrected chi connectivity index (χ3v) is 4.42. The fourth-order valence-corrected chi connectivity index (χ4v) is 2.72. The second kappa shape index (κ2) is 6.13. The summed E-state index contributed by atoms with van der Waals surface area (Å²) in [6.07, 6.45) is 2.98. The highest BCUT2D eigenvalue weighted by atomic mass is 16.6. The first kappa shape index (κ1) is 16.6. The number of hydrogen-bond donors (Lipinski definition) is 1. The Hall–Kier alpha value is -1.81. The van der Waals surface area contributed by atoms with Gasteiger partial charge in [0.25, 0.3) is 0 Å². The van der Waals surface area contributed by atoms with Crippen molar-refractivity contribution in [1.82, 2.24) is 4.90 Å². The highest BCUT2D eigenvalue weighted by Gasteiger charge is 2.58. The summed E-state index contributed by atoms with van der Waals surface area (Å²) in [4.78, 5) is 13.6. The van der Waals surface area contributed by atoms with Crippen molar-refractivity contribution < 1.29 is 14.6 Å². The van der Waals surface area contributed by atoms with Gasteiger partial charge in [-0.05, 0) is 46.1 Å². The van der Waals surface area contributed by atoms with Gasteiger partial charge in [0, 0.05) is 0 Å². The van der Waals surface area contributed by atoms with E-state index in [1.807, 2.05) is 44.2 Å². The number of carbonyl (C=O) groups is 1. The van der Waals surface area contributed by atoms with Crippen LogP contribution in [0.3, 0.4) is 0 Å². The van der Waals surface area contributed by atoms with Crippen LogP contribution < -0.4 is 0 Å². The van der Waals surface area contributed by atoms with Gasteiger partial charge in [-0.3, -0.25) is 4.90 Å². The predicted molar refractivity (Wildman–Crippen MR) is 86.2 cm³/mol. The molecule has 4 nitrogen and oxygen atoms in total. The Kier molecular flexibility index (Phi) is 4.61. The zero-order chi connectivity index (χ0) is 16.4. The molecule has 120 valence electrons. The highest BCUT2D eigenvalue weighted by Crippen LogP contribution is 2.41. The fourth-order valence-electron chi connectivity index (χ4n) is 2.72. The Morgan fingerprint density at radius 2 is 1.91 bits per heavy atom. The second-order valence-electron chi connectivity index (χ2n) is 6.51. The van der Waals surface area contributed by atoms with Crippen LogP contribution in [-0.4, -0.2) is 27.4 Å². The Balaban J connectivity index is 2.16. The molecule has 4 heteroatoms. The fraction of sp³-hybridized carbons (Fsp3) is 0.500. The molecule has 0 radical (unpaired) electrons. The minimum Gasteiger partial charge on any atom is -0.438 e. The van der Waals surface area contributed by atoms with Crippen LogP contribution in [0.4, 0.5) is 4.79 Å². The second-order valence-corrected chi connectivity index (χ2v) is 6.51. The van der Waals surface area contributed by atoms with Crippen LogP contribution in [0, 0.1) is 0 Å². The summed E-state index contributed by atoms with van der Waals surface area (Å²) in [5, 5.41) is 10.9. The SMILES string of the molecule is CC(C)=CCC[C@@]1(C)OC(=O)N(Cc2ccccc2)[C@]1(C)O. The molecule has 1 aromatic rings. The molecule has 1 aliphatic heterocycles. The standard InChI is InChI=1S/C18H25NO3/c1-14(2)9-8-12-17(3)18(4,21)19(16(20)22-17)13-15-10-6-5-7-11-15/h5-7,9-11,21H,8,12-13H2,1-4H3/t17-,18-/m1/s1. The third kappa shape index (κ3) is 3.17. The van der Waals surface area contributed by atoms with Gasteiger partial charge in [0.2, 0.25) is 0 Å². The zero-order valence-corrected chi connectivity index (χ0v) is 13.8. The number of allylic oxidation sites excluding steroid dienone is 2. The van der Waals surface area contributed by atoms with Gasteiger partial charge in [0.05, 0.1) is 6.54 Å². The smallest absolute Gasteiger partial charge is 0.413 e. The number of rotatable bonds is 5. The van der Waals surface area contributed by atoms with E-state index in [1.54, 1.807) is 13.8 Å². The van der Waals surface area contributed by atoms with Crippen LogP contribution in [0.2, 0.25) is 0 Å². The lowest BCUT2D eigenvalue weighted by atomic mass is 9.88. The van der Waals surface area contributed by atoms with Crippen LogP contribution in [0.1, 0.15) is 46.1 Å². The van der Waals surface area contributed by atoms with Crippen molar-refractivity contribution in [3.63, 3.8) is 0 Å². The molecule has 0 aromatic heterocycles. The van der Waals surface area contributed by atoms with Gasteiger partial charge >= 0.3 is 6.09 Å². The van der Waals surface area contributed by atoms with Crippen molar-refractivity contribution in [3.8, 4) is 0 Å². The number of aliphatic hydroxyl groups is 1. The topological polar surface area (TPSA) is 49.8 Å². The van der Waals surface area contributed by atoms with Crippen molar-refractivity contribution in [2.75, 3.05) is 0 Å². The van der Waals surface area contributed by atoms with Gasteiger partial charge in [0.1, 0.15) is 0 Å². The van der Waals surface area contributed by atoms with E-state index in [1.165, 1.54) is 10.5 Å². The van der Waals surface area contributed by atoms with Gasteiger partial charge in [0.15, 0.2) is 11.3 Å². The molecule has 22 heavy (non-hydrogen) atoms. The van der Waals surface area contributed by atoms with Gasteiger partial charge in [-0.15, -0.1) is 0 Å². The molecule has 1 saturated heterocycles. The average Bonchev–Trinajstić information content (AvgIpc) is 2.60. The molecule has 0 bridgehead atoms. The zero-order valence-electron chi connectivity index (χ0n) is 13.8. The summed E-state index contributed by atoms with van der Waals surface area (Å²) >= 11 is 0. The van der Waals surface area contributed by atoms with Crippen molar-refractivity contribution >= 4 is 6.09 Å². The molecular formula is C18H25NO3. The minimum absolute atomic E-state index is 0.338. The Bertz CT molecular complexity index is 561. The van der Waals surface area contributed by atoms with Crippen molar-refractivity contribution in [1.29, 1.82) is 0 Å². The molecule has 0 saturated carbocycles. The van der Waals surface area contributed by atoms with E-state index in [4.69, 9.17) is 4.74 Å². The van der Waals surface area contributed by atoms with Crippen molar-refractivity contribution in [3.05, 3.63) is 47.5 Å². The highest BCUT2D eigenvalue weighted by molar-refractivity contribution is 5.72. The summed E-state index contributed by atoms with van der Waals surface area (Å²) in [5.41, 5.74) is -0.0674. The first-order valence-corrected chi connectivity index (χ1v) is 7.66. The Morgan fingerprint density at radius 1 is 1.27 bits per heavy atom. The lowest BCUT2D eigenvalue weighted by Gasteiger charge is -2.37. The van der Waals surface area contributed by atoms with E-state index in [0.717, 1.165) is 12.0 Å². The summed E-state index contributed by atoms with van der Waals surface area (Å²) in [6.45, 7) is 7.86. The van der Waals surface area contributed by atoms with E-state index in [2.05, 4.69) is 6.08 Å². The monoisotopic (exact) mass is 303 g/mol. The average molecular weight is 303 g/mol. The van der Waals surface area contributed by atoms with E-state index in [9.17, 15) is 9.90 Å². The minimum atomic E-state index is -1.34. The van der Waals surface area contributed by atoms with Gasteiger partial charge in [-0.25, -0.2) is 4.79 Å². The summed E-state index contributed by atoms with van der Waals surface area (Å²) < 4.78 is 5.54. The maximum atomic E-state index is 12.2. The van der Waals surface area contributed by atoms with Gasteiger partial charge < -0.3 is 9.84 Å².